The summed E-state index contributed by atoms with van der Waals surface area (Å²) in [6, 6.07) is 19.7. The minimum absolute atomic E-state index is 0.144. The van der Waals surface area contributed by atoms with Crippen LogP contribution in [0.5, 0.6) is 5.75 Å². The molecular formula is C23H21FN2O3S. The molecule has 2 amide bonds. The molecule has 0 fully saturated rings. The zero-order valence-corrected chi connectivity index (χ0v) is 17.3. The molecule has 3 rings (SSSR count). The van der Waals surface area contributed by atoms with Crippen molar-refractivity contribution in [3.63, 3.8) is 0 Å². The molecule has 2 N–H and O–H groups in total. The number of thioether (sulfide) groups is 1. The van der Waals surface area contributed by atoms with Crippen molar-refractivity contribution in [3.8, 4) is 5.75 Å². The van der Waals surface area contributed by atoms with Crippen LogP contribution in [0.1, 0.15) is 17.3 Å². The minimum atomic E-state index is -0.397. The molecule has 0 aliphatic rings. The van der Waals surface area contributed by atoms with Gasteiger partial charge in [-0.2, -0.15) is 0 Å². The number of carbonyl (C=O) groups excluding carboxylic acids is 2. The van der Waals surface area contributed by atoms with Crippen molar-refractivity contribution in [1.29, 1.82) is 0 Å². The van der Waals surface area contributed by atoms with Crippen LogP contribution in [-0.2, 0) is 4.79 Å². The molecule has 0 aliphatic heterocycles. The summed E-state index contributed by atoms with van der Waals surface area (Å²) in [5.74, 6) is -0.209. The Hall–Kier alpha value is -3.32. The second-order valence-electron chi connectivity index (χ2n) is 6.47. The third-order valence-electron chi connectivity index (χ3n) is 4.22. The first-order valence-corrected chi connectivity index (χ1v) is 10.1. The summed E-state index contributed by atoms with van der Waals surface area (Å²) in [4.78, 5) is 25.7. The van der Waals surface area contributed by atoms with Crippen LogP contribution in [0.3, 0.4) is 0 Å². The van der Waals surface area contributed by atoms with Gasteiger partial charge in [-0.05, 0) is 61.5 Å². The van der Waals surface area contributed by atoms with Gasteiger partial charge in [0.1, 0.15) is 11.6 Å². The highest BCUT2D eigenvalue weighted by atomic mass is 32.2. The number of benzene rings is 3. The van der Waals surface area contributed by atoms with Gasteiger partial charge in [-0.25, -0.2) is 4.39 Å². The first-order chi connectivity index (χ1) is 14.4. The zero-order chi connectivity index (χ0) is 21.5. The highest BCUT2D eigenvalue weighted by molar-refractivity contribution is 8.00. The maximum absolute atomic E-state index is 13.0. The molecule has 0 aliphatic carbocycles. The molecule has 154 valence electrons. The van der Waals surface area contributed by atoms with Crippen LogP contribution in [0.15, 0.2) is 77.7 Å². The van der Waals surface area contributed by atoms with Gasteiger partial charge in [0.15, 0.2) is 0 Å². The average Bonchev–Trinajstić information content (AvgIpc) is 2.74. The summed E-state index contributed by atoms with van der Waals surface area (Å²) in [5, 5.41) is 5.29. The number of rotatable bonds is 7. The van der Waals surface area contributed by atoms with Crippen LogP contribution < -0.4 is 15.4 Å². The number of nitrogens with one attached hydrogen (secondary N) is 2. The molecule has 3 aromatic carbocycles. The minimum Gasteiger partial charge on any atom is -0.497 e. The fraction of sp³-hybridized carbons (Fsp3) is 0.130. The smallest absolute Gasteiger partial charge is 0.255 e. The lowest BCUT2D eigenvalue weighted by molar-refractivity contribution is -0.115. The highest BCUT2D eigenvalue weighted by Crippen LogP contribution is 2.27. The quantitative estimate of drug-likeness (QED) is 0.511. The van der Waals surface area contributed by atoms with Crippen LogP contribution in [0.4, 0.5) is 15.8 Å². The maximum Gasteiger partial charge on any atom is 0.255 e. The van der Waals surface area contributed by atoms with Gasteiger partial charge in [0.05, 0.1) is 12.4 Å². The average molecular weight is 424 g/mol. The number of methoxy groups -OCH3 is 1. The van der Waals surface area contributed by atoms with E-state index in [-0.39, 0.29) is 17.1 Å². The number of amides is 2. The van der Waals surface area contributed by atoms with E-state index in [9.17, 15) is 14.0 Å². The van der Waals surface area contributed by atoms with Gasteiger partial charge in [-0.3, -0.25) is 9.59 Å². The van der Waals surface area contributed by atoms with Crippen molar-refractivity contribution in [2.75, 3.05) is 17.7 Å². The largest absolute Gasteiger partial charge is 0.497 e. The van der Waals surface area contributed by atoms with Gasteiger partial charge in [0.25, 0.3) is 5.91 Å². The lowest BCUT2D eigenvalue weighted by Gasteiger charge is -2.13. The molecule has 0 saturated carbocycles. The Morgan fingerprint density at radius 1 is 0.933 bits per heavy atom. The van der Waals surface area contributed by atoms with Gasteiger partial charge < -0.3 is 15.4 Å². The van der Waals surface area contributed by atoms with E-state index in [0.717, 1.165) is 4.90 Å². The number of halogens is 1. The van der Waals surface area contributed by atoms with Gasteiger partial charge in [0.2, 0.25) is 5.91 Å². The standard InChI is InChI=1S/C23H21FN2O3S/c1-15(22(27)25-18-5-3-7-20(13-18)29-2)30-21-8-4-6-19(14-21)26-23(28)16-9-11-17(24)12-10-16/h3-15H,1-2H3,(H,25,27)(H,26,28). The molecule has 7 heteroatoms. The first-order valence-electron chi connectivity index (χ1n) is 9.23. The molecule has 0 radical (unpaired) electrons. The van der Waals surface area contributed by atoms with Crippen molar-refractivity contribution in [2.24, 2.45) is 0 Å². The molecule has 30 heavy (non-hydrogen) atoms. The SMILES string of the molecule is COc1cccc(NC(=O)C(C)Sc2cccc(NC(=O)c3ccc(F)cc3)c2)c1. The Morgan fingerprint density at radius 3 is 2.30 bits per heavy atom. The predicted molar refractivity (Wildman–Crippen MR) is 118 cm³/mol. The summed E-state index contributed by atoms with van der Waals surface area (Å²) in [7, 11) is 1.57. The van der Waals surface area contributed by atoms with Crippen molar-refractivity contribution < 1.29 is 18.7 Å². The second-order valence-corrected chi connectivity index (χ2v) is 7.88. The first kappa shape index (κ1) is 21.4. The van der Waals surface area contributed by atoms with E-state index >= 15 is 0 Å². The summed E-state index contributed by atoms with van der Waals surface area (Å²) >= 11 is 1.38. The van der Waals surface area contributed by atoms with E-state index in [1.807, 2.05) is 13.0 Å². The van der Waals surface area contributed by atoms with Gasteiger partial charge in [-0.15, -0.1) is 11.8 Å². The van der Waals surface area contributed by atoms with E-state index in [2.05, 4.69) is 10.6 Å². The highest BCUT2D eigenvalue weighted by Gasteiger charge is 2.15. The molecule has 5 nitrogen and oxygen atoms in total. The van der Waals surface area contributed by atoms with Gasteiger partial charge in [0, 0.05) is 27.9 Å². The molecular weight excluding hydrogens is 403 g/mol. The second kappa shape index (κ2) is 9.93. The molecule has 0 aromatic heterocycles. The zero-order valence-electron chi connectivity index (χ0n) is 16.5. The Balaban J connectivity index is 1.61. The van der Waals surface area contributed by atoms with Crippen LogP contribution in [0.25, 0.3) is 0 Å². The Bertz CT molecular complexity index is 1040. The van der Waals surface area contributed by atoms with E-state index in [4.69, 9.17) is 4.74 Å². The van der Waals surface area contributed by atoms with E-state index < -0.39 is 5.82 Å². The third-order valence-corrected chi connectivity index (χ3v) is 5.31. The molecule has 0 heterocycles. The van der Waals surface area contributed by atoms with E-state index in [0.29, 0.717) is 22.7 Å². The molecule has 1 unspecified atom stereocenters. The van der Waals surface area contributed by atoms with Gasteiger partial charge in [-0.1, -0.05) is 12.1 Å². The fourth-order valence-electron chi connectivity index (χ4n) is 2.65. The normalized spacial score (nSPS) is 11.4. The van der Waals surface area contributed by atoms with Crippen LogP contribution in [0, 0.1) is 5.82 Å². The Morgan fingerprint density at radius 2 is 1.60 bits per heavy atom. The molecule has 0 bridgehead atoms. The monoisotopic (exact) mass is 424 g/mol. The fourth-order valence-corrected chi connectivity index (χ4v) is 3.58. The molecule has 3 aromatic rings. The Labute approximate surface area is 178 Å². The maximum atomic E-state index is 13.0. The van der Waals surface area contributed by atoms with Crippen LogP contribution in [-0.4, -0.2) is 24.2 Å². The lowest BCUT2D eigenvalue weighted by atomic mass is 10.2. The van der Waals surface area contributed by atoms with E-state index in [1.165, 1.54) is 36.0 Å². The summed E-state index contributed by atoms with van der Waals surface area (Å²) in [6.45, 7) is 1.81. The van der Waals surface area contributed by atoms with Crippen molar-refractivity contribution in [1.82, 2.24) is 0 Å². The number of carbonyl (C=O) groups is 2. The van der Waals surface area contributed by atoms with Crippen molar-refractivity contribution in [2.45, 2.75) is 17.1 Å². The van der Waals surface area contributed by atoms with Crippen molar-refractivity contribution in [3.05, 3.63) is 84.2 Å². The van der Waals surface area contributed by atoms with E-state index in [1.54, 1.807) is 49.6 Å². The predicted octanol–water partition coefficient (Wildman–Crippen LogP) is 5.21. The molecule has 0 spiro atoms. The summed E-state index contributed by atoms with van der Waals surface area (Å²) in [5.41, 5.74) is 1.61. The topological polar surface area (TPSA) is 67.4 Å². The van der Waals surface area contributed by atoms with Crippen molar-refractivity contribution >= 4 is 35.0 Å². The molecule has 0 saturated heterocycles. The van der Waals surface area contributed by atoms with Crippen LogP contribution in [0.2, 0.25) is 0 Å². The summed E-state index contributed by atoms with van der Waals surface area (Å²) in [6.07, 6.45) is 0. The van der Waals surface area contributed by atoms with Gasteiger partial charge >= 0.3 is 0 Å². The van der Waals surface area contributed by atoms with Crippen LogP contribution >= 0.6 is 11.8 Å². The molecule has 1 atom stereocenters. The number of hydrogen-bond acceptors (Lipinski definition) is 4. The third kappa shape index (κ3) is 5.84. The number of hydrogen-bond donors (Lipinski definition) is 2. The number of ether oxygens (including phenoxy) is 1. The summed E-state index contributed by atoms with van der Waals surface area (Å²) < 4.78 is 18.2. The Kier molecular flexibility index (Phi) is 7.08. The lowest BCUT2D eigenvalue weighted by Crippen LogP contribution is -2.22. The number of anilines is 2.